The SMILES string of the molecule is Cc1cccc(-n2c(SCc3ccccc3C(=O)N3CCOCC3)nnc2-c2ccncc2)c1. The van der Waals surface area contributed by atoms with Crippen molar-refractivity contribution in [1.82, 2.24) is 24.6 Å². The molecule has 1 fully saturated rings. The molecule has 0 spiro atoms. The van der Waals surface area contributed by atoms with E-state index in [4.69, 9.17) is 4.74 Å². The number of amides is 1. The summed E-state index contributed by atoms with van der Waals surface area (Å²) < 4.78 is 7.47. The molecule has 0 unspecified atom stereocenters. The highest BCUT2D eigenvalue weighted by molar-refractivity contribution is 7.98. The van der Waals surface area contributed by atoms with Crippen LogP contribution >= 0.6 is 11.8 Å². The Hall–Kier alpha value is -3.49. The molecule has 1 amide bonds. The van der Waals surface area contributed by atoms with E-state index in [-0.39, 0.29) is 5.91 Å². The lowest BCUT2D eigenvalue weighted by molar-refractivity contribution is 0.0302. The van der Waals surface area contributed by atoms with E-state index >= 15 is 0 Å². The summed E-state index contributed by atoms with van der Waals surface area (Å²) in [4.78, 5) is 19.2. The van der Waals surface area contributed by atoms with Gasteiger partial charge < -0.3 is 9.64 Å². The van der Waals surface area contributed by atoms with Crippen LogP contribution in [0.1, 0.15) is 21.5 Å². The van der Waals surface area contributed by atoms with Crippen LogP contribution in [0.15, 0.2) is 78.2 Å². The number of hydrogen-bond acceptors (Lipinski definition) is 6. The molecule has 1 aliphatic rings. The summed E-state index contributed by atoms with van der Waals surface area (Å²) in [6.45, 7) is 4.48. The van der Waals surface area contributed by atoms with E-state index in [1.807, 2.05) is 47.4 Å². The van der Waals surface area contributed by atoms with Crippen molar-refractivity contribution in [2.45, 2.75) is 17.8 Å². The third-order valence-electron chi connectivity index (χ3n) is 5.73. The predicted octanol–water partition coefficient (Wildman–Crippen LogP) is 4.40. The van der Waals surface area contributed by atoms with Crippen LogP contribution in [-0.4, -0.2) is 56.9 Å². The Morgan fingerprint density at radius 3 is 2.59 bits per heavy atom. The summed E-state index contributed by atoms with van der Waals surface area (Å²) in [6, 6.07) is 19.9. The lowest BCUT2D eigenvalue weighted by Crippen LogP contribution is -2.41. The summed E-state index contributed by atoms with van der Waals surface area (Å²) in [6.07, 6.45) is 3.51. The van der Waals surface area contributed by atoms with Gasteiger partial charge in [0.2, 0.25) is 0 Å². The fourth-order valence-corrected chi connectivity index (χ4v) is 4.94. The monoisotopic (exact) mass is 471 g/mol. The molecule has 0 bridgehead atoms. The summed E-state index contributed by atoms with van der Waals surface area (Å²) in [5, 5.41) is 9.80. The third-order valence-corrected chi connectivity index (χ3v) is 6.71. The summed E-state index contributed by atoms with van der Waals surface area (Å²) in [5.74, 6) is 1.41. The maximum absolute atomic E-state index is 13.2. The van der Waals surface area contributed by atoms with Gasteiger partial charge in [-0.3, -0.25) is 14.3 Å². The van der Waals surface area contributed by atoms with E-state index in [1.54, 1.807) is 24.2 Å². The minimum absolute atomic E-state index is 0.0529. The molecule has 1 saturated heterocycles. The summed E-state index contributed by atoms with van der Waals surface area (Å²) >= 11 is 1.57. The Kier molecular flexibility index (Phi) is 6.69. The zero-order valence-corrected chi connectivity index (χ0v) is 19.7. The standard InChI is InChI=1S/C26H25N5O2S/c1-19-5-4-7-22(17-19)31-24(20-9-11-27-12-10-20)28-29-26(31)34-18-21-6-2-3-8-23(21)25(32)30-13-15-33-16-14-30/h2-12,17H,13-16,18H2,1H3. The molecule has 7 nitrogen and oxygen atoms in total. The van der Waals surface area contributed by atoms with Crippen molar-refractivity contribution < 1.29 is 9.53 Å². The second kappa shape index (κ2) is 10.2. The van der Waals surface area contributed by atoms with E-state index in [1.165, 1.54) is 0 Å². The first-order valence-corrected chi connectivity index (χ1v) is 12.2. The fourth-order valence-electron chi connectivity index (χ4n) is 3.99. The molecule has 0 saturated carbocycles. The second-order valence-corrected chi connectivity index (χ2v) is 9.01. The van der Waals surface area contributed by atoms with Crippen molar-refractivity contribution in [2.75, 3.05) is 26.3 Å². The van der Waals surface area contributed by atoms with Crippen molar-refractivity contribution in [3.05, 3.63) is 89.7 Å². The Bertz CT molecular complexity index is 1290. The lowest BCUT2D eigenvalue weighted by atomic mass is 10.1. The molecule has 8 heteroatoms. The van der Waals surface area contributed by atoms with Crippen LogP contribution in [0.4, 0.5) is 0 Å². The van der Waals surface area contributed by atoms with Crippen LogP contribution in [0.3, 0.4) is 0 Å². The number of morpholine rings is 1. The van der Waals surface area contributed by atoms with E-state index in [0.717, 1.165) is 38.9 Å². The number of rotatable bonds is 6. The number of aromatic nitrogens is 4. The van der Waals surface area contributed by atoms with Crippen LogP contribution in [0.2, 0.25) is 0 Å². The molecule has 1 aliphatic heterocycles. The van der Waals surface area contributed by atoms with Gasteiger partial charge in [-0.05, 0) is 48.4 Å². The minimum Gasteiger partial charge on any atom is -0.378 e. The molecule has 4 aromatic rings. The van der Waals surface area contributed by atoms with Crippen molar-refractivity contribution in [3.63, 3.8) is 0 Å². The first-order chi connectivity index (χ1) is 16.7. The van der Waals surface area contributed by atoms with Crippen LogP contribution < -0.4 is 0 Å². The number of hydrogen-bond donors (Lipinski definition) is 0. The molecular weight excluding hydrogens is 446 g/mol. The first-order valence-electron chi connectivity index (χ1n) is 11.2. The number of nitrogens with zero attached hydrogens (tertiary/aromatic N) is 5. The Labute approximate surface area is 202 Å². The van der Waals surface area contributed by atoms with Gasteiger partial charge in [-0.1, -0.05) is 42.1 Å². The molecule has 172 valence electrons. The molecule has 2 aromatic carbocycles. The number of benzene rings is 2. The minimum atomic E-state index is 0.0529. The predicted molar refractivity (Wildman–Crippen MR) is 132 cm³/mol. The Morgan fingerprint density at radius 2 is 1.79 bits per heavy atom. The zero-order chi connectivity index (χ0) is 23.3. The van der Waals surface area contributed by atoms with Crippen molar-refractivity contribution >= 4 is 17.7 Å². The molecule has 0 aliphatic carbocycles. The third kappa shape index (κ3) is 4.73. The molecular formula is C26H25N5O2S. The van der Waals surface area contributed by atoms with Gasteiger partial charge in [0, 0.05) is 48.1 Å². The maximum atomic E-state index is 13.2. The van der Waals surface area contributed by atoms with Crippen molar-refractivity contribution in [3.8, 4) is 17.1 Å². The van der Waals surface area contributed by atoms with E-state index in [0.29, 0.717) is 32.1 Å². The number of carbonyl (C=O) groups is 1. The van der Waals surface area contributed by atoms with E-state index < -0.39 is 0 Å². The number of pyridine rings is 1. The molecule has 0 atom stereocenters. The first kappa shape index (κ1) is 22.3. The number of thioether (sulfide) groups is 1. The summed E-state index contributed by atoms with van der Waals surface area (Å²) in [5.41, 5.74) is 4.81. The van der Waals surface area contributed by atoms with Crippen LogP contribution in [0, 0.1) is 6.92 Å². The van der Waals surface area contributed by atoms with Gasteiger partial charge in [0.05, 0.1) is 13.2 Å². The normalized spacial score (nSPS) is 13.7. The number of carbonyl (C=O) groups excluding carboxylic acids is 1. The second-order valence-electron chi connectivity index (χ2n) is 8.07. The van der Waals surface area contributed by atoms with Crippen molar-refractivity contribution in [1.29, 1.82) is 0 Å². The highest BCUT2D eigenvalue weighted by atomic mass is 32.2. The van der Waals surface area contributed by atoms with Gasteiger partial charge in [0.15, 0.2) is 11.0 Å². The van der Waals surface area contributed by atoms with Crippen LogP contribution in [0.5, 0.6) is 0 Å². The largest absolute Gasteiger partial charge is 0.378 e. The number of aryl methyl sites for hydroxylation is 1. The van der Waals surface area contributed by atoms with Gasteiger partial charge in [0.1, 0.15) is 0 Å². The van der Waals surface area contributed by atoms with E-state index in [9.17, 15) is 4.79 Å². The lowest BCUT2D eigenvalue weighted by Gasteiger charge is -2.27. The molecule has 5 rings (SSSR count). The zero-order valence-electron chi connectivity index (χ0n) is 18.9. The number of ether oxygens (including phenoxy) is 1. The highest BCUT2D eigenvalue weighted by Crippen LogP contribution is 2.31. The summed E-state index contributed by atoms with van der Waals surface area (Å²) in [7, 11) is 0. The average molecular weight is 472 g/mol. The van der Waals surface area contributed by atoms with E-state index in [2.05, 4.69) is 44.9 Å². The maximum Gasteiger partial charge on any atom is 0.254 e. The molecule has 3 heterocycles. The highest BCUT2D eigenvalue weighted by Gasteiger charge is 2.22. The van der Waals surface area contributed by atoms with Gasteiger partial charge in [-0.2, -0.15) is 0 Å². The smallest absolute Gasteiger partial charge is 0.254 e. The fraction of sp³-hybridized carbons (Fsp3) is 0.231. The van der Waals surface area contributed by atoms with Gasteiger partial charge in [-0.25, -0.2) is 0 Å². The van der Waals surface area contributed by atoms with Gasteiger partial charge in [-0.15, -0.1) is 10.2 Å². The molecule has 2 aromatic heterocycles. The topological polar surface area (TPSA) is 73.1 Å². The molecule has 0 N–H and O–H groups in total. The van der Waals surface area contributed by atoms with Gasteiger partial charge >= 0.3 is 0 Å². The van der Waals surface area contributed by atoms with Gasteiger partial charge in [0.25, 0.3) is 5.91 Å². The Morgan fingerprint density at radius 1 is 1.00 bits per heavy atom. The van der Waals surface area contributed by atoms with Crippen LogP contribution in [-0.2, 0) is 10.5 Å². The average Bonchev–Trinajstić information content (AvgIpc) is 3.32. The Balaban J connectivity index is 1.46. The van der Waals surface area contributed by atoms with Crippen molar-refractivity contribution in [2.24, 2.45) is 0 Å². The molecule has 34 heavy (non-hydrogen) atoms. The van der Waals surface area contributed by atoms with Crippen LogP contribution in [0.25, 0.3) is 17.1 Å². The quantitative estimate of drug-likeness (QED) is 0.388. The molecule has 0 radical (unpaired) electrons.